The highest BCUT2D eigenvalue weighted by molar-refractivity contribution is 5.77. The number of carbonyl (C=O) groups is 1. The molecule has 0 aliphatic carbocycles. The molecule has 0 saturated carbocycles. The van der Waals surface area contributed by atoms with Crippen LogP contribution in [0.1, 0.15) is 30.9 Å². The lowest BCUT2D eigenvalue weighted by atomic mass is 9.95. The summed E-state index contributed by atoms with van der Waals surface area (Å²) >= 11 is 0. The summed E-state index contributed by atoms with van der Waals surface area (Å²) in [5.41, 5.74) is 5.12. The van der Waals surface area contributed by atoms with Crippen molar-refractivity contribution in [1.29, 1.82) is 0 Å². The minimum atomic E-state index is 0.269. The number of rotatable bonds is 7. The smallest absolute Gasteiger partial charge is 0.227 e. The van der Waals surface area contributed by atoms with E-state index < -0.39 is 0 Å². The van der Waals surface area contributed by atoms with Crippen molar-refractivity contribution in [3.8, 4) is 11.3 Å². The predicted octanol–water partition coefficient (Wildman–Crippen LogP) is 3.73. The van der Waals surface area contributed by atoms with Crippen LogP contribution in [-0.2, 0) is 18.3 Å². The molecule has 1 fully saturated rings. The van der Waals surface area contributed by atoms with E-state index >= 15 is 0 Å². The van der Waals surface area contributed by atoms with Gasteiger partial charge in [-0.3, -0.25) is 9.48 Å². The maximum absolute atomic E-state index is 12.3. The van der Waals surface area contributed by atoms with Gasteiger partial charge in [-0.25, -0.2) is 9.97 Å². The summed E-state index contributed by atoms with van der Waals surface area (Å²) < 4.78 is 1.73. The molecule has 7 nitrogen and oxygen atoms in total. The van der Waals surface area contributed by atoms with Crippen LogP contribution in [0.3, 0.4) is 0 Å². The van der Waals surface area contributed by atoms with Gasteiger partial charge in [-0.1, -0.05) is 19.1 Å². The van der Waals surface area contributed by atoms with Crippen molar-refractivity contribution >= 4 is 17.5 Å². The highest BCUT2D eigenvalue weighted by atomic mass is 16.2. The maximum Gasteiger partial charge on any atom is 0.227 e. The van der Waals surface area contributed by atoms with Crippen molar-refractivity contribution in [3.05, 3.63) is 54.0 Å². The molecule has 1 N–H and O–H groups in total. The Bertz CT molecular complexity index is 1040. The van der Waals surface area contributed by atoms with Gasteiger partial charge in [-0.05, 0) is 48.9 Å². The largest absolute Gasteiger partial charge is 0.342 e. The zero-order valence-electron chi connectivity index (χ0n) is 17.8. The fourth-order valence-electron chi connectivity index (χ4n) is 3.76. The molecule has 1 amide bonds. The van der Waals surface area contributed by atoms with E-state index in [0.717, 1.165) is 42.9 Å². The van der Waals surface area contributed by atoms with E-state index in [1.165, 1.54) is 11.1 Å². The van der Waals surface area contributed by atoms with Crippen LogP contribution in [-0.4, -0.2) is 43.6 Å². The van der Waals surface area contributed by atoms with Gasteiger partial charge in [0.25, 0.3) is 0 Å². The fraction of sp³-hybridized carbons (Fsp3) is 0.391. The number of hydrogen-bond donors (Lipinski definition) is 1. The number of anilines is 2. The molecule has 0 bridgehead atoms. The van der Waals surface area contributed by atoms with E-state index in [4.69, 9.17) is 0 Å². The standard InChI is InChI=1S/C23H28N6O/c1-4-17-13-29(14-17)22(30)8-7-18-5-6-19(11-16(18)2)21-9-10-24-23(27-21)26-20-12-25-28(3)15-20/h5-6,9-12,15,17H,4,7-8,13-14H2,1-3H3,(H,24,26,27). The maximum atomic E-state index is 12.3. The molecule has 3 aromatic rings. The molecule has 1 aliphatic rings. The van der Waals surface area contributed by atoms with E-state index in [1.54, 1.807) is 17.1 Å². The number of likely N-dealkylation sites (tertiary alicyclic amines) is 1. The van der Waals surface area contributed by atoms with E-state index in [1.807, 2.05) is 24.2 Å². The van der Waals surface area contributed by atoms with Crippen LogP contribution < -0.4 is 5.32 Å². The Morgan fingerprint density at radius 2 is 2.10 bits per heavy atom. The van der Waals surface area contributed by atoms with E-state index in [0.29, 0.717) is 18.3 Å². The number of aromatic nitrogens is 4. The normalized spacial score (nSPS) is 13.9. The van der Waals surface area contributed by atoms with Crippen LogP contribution in [0.25, 0.3) is 11.3 Å². The molecular weight excluding hydrogens is 376 g/mol. The minimum absolute atomic E-state index is 0.269. The summed E-state index contributed by atoms with van der Waals surface area (Å²) in [4.78, 5) is 23.3. The molecule has 7 heteroatoms. The molecule has 0 spiro atoms. The third-order valence-corrected chi connectivity index (χ3v) is 5.75. The minimum Gasteiger partial charge on any atom is -0.342 e. The van der Waals surface area contributed by atoms with E-state index in [2.05, 4.69) is 52.4 Å². The van der Waals surface area contributed by atoms with E-state index in [-0.39, 0.29) is 5.91 Å². The summed E-state index contributed by atoms with van der Waals surface area (Å²) in [6.45, 7) is 6.13. The van der Waals surface area contributed by atoms with Crippen LogP contribution in [0, 0.1) is 12.8 Å². The Balaban J connectivity index is 1.40. The number of nitrogens with one attached hydrogen (secondary N) is 1. The molecule has 4 rings (SSSR count). The van der Waals surface area contributed by atoms with Crippen molar-refractivity contribution in [1.82, 2.24) is 24.6 Å². The van der Waals surface area contributed by atoms with Gasteiger partial charge in [0.15, 0.2) is 0 Å². The first-order chi connectivity index (χ1) is 14.5. The summed E-state index contributed by atoms with van der Waals surface area (Å²) in [7, 11) is 1.87. The molecule has 0 radical (unpaired) electrons. The quantitative estimate of drug-likeness (QED) is 0.649. The molecule has 2 aromatic heterocycles. The van der Waals surface area contributed by atoms with Crippen molar-refractivity contribution in [2.24, 2.45) is 13.0 Å². The summed E-state index contributed by atoms with van der Waals surface area (Å²) in [6, 6.07) is 8.21. The number of nitrogens with zero attached hydrogens (tertiary/aromatic N) is 5. The van der Waals surface area contributed by atoms with Crippen molar-refractivity contribution < 1.29 is 4.79 Å². The average Bonchev–Trinajstić information content (AvgIpc) is 3.11. The Morgan fingerprint density at radius 3 is 2.80 bits per heavy atom. The third kappa shape index (κ3) is 4.50. The van der Waals surface area contributed by atoms with Crippen LogP contribution >= 0.6 is 0 Å². The fourth-order valence-corrected chi connectivity index (χ4v) is 3.76. The van der Waals surface area contributed by atoms with Gasteiger partial charge >= 0.3 is 0 Å². The van der Waals surface area contributed by atoms with Gasteiger partial charge in [0.1, 0.15) is 0 Å². The Morgan fingerprint density at radius 1 is 1.27 bits per heavy atom. The lowest BCUT2D eigenvalue weighted by Crippen LogP contribution is -2.49. The van der Waals surface area contributed by atoms with Crippen molar-refractivity contribution in [3.63, 3.8) is 0 Å². The second kappa shape index (κ2) is 8.65. The number of carbonyl (C=O) groups excluding carboxylic acids is 1. The first kappa shape index (κ1) is 20.1. The molecule has 0 atom stereocenters. The third-order valence-electron chi connectivity index (χ3n) is 5.75. The number of amides is 1. The van der Waals surface area contributed by atoms with Crippen molar-refractivity contribution in [2.45, 2.75) is 33.1 Å². The molecule has 156 valence electrons. The van der Waals surface area contributed by atoms with Gasteiger partial charge in [0.05, 0.1) is 17.6 Å². The number of hydrogen-bond acceptors (Lipinski definition) is 5. The van der Waals surface area contributed by atoms with Crippen LogP contribution in [0.15, 0.2) is 42.9 Å². The first-order valence-electron chi connectivity index (χ1n) is 10.5. The lowest BCUT2D eigenvalue weighted by Gasteiger charge is -2.39. The monoisotopic (exact) mass is 404 g/mol. The summed E-state index contributed by atoms with van der Waals surface area (Å²) in [5, 5.41) is 7.32. The van der Waals surface area contributed by atoms with Gasteiger partial charge in [-0.2, -0.15) is 5.10 Å². The van der Waals surface area contributed by atoms with Crippen LogP contribution in [0.5, 0.6) is 0 Å². The second-order valence-electron chi connectivity index (χ2n) is 8.01. The van der Waals surface area contributed by atoms with Crippen LogP contribution in [0.2, 0.25) is 0 Å². The molecule has 1 aliphatic heterocycles. The highest BCUT2D eigenvalue weighted by Gasteiger charge is 2.28. The van der Waals surface area contributed by atoms with E-state index in [9.17, 15) is 4.79 Å². The number of benzene rings is 1. The molecule has 0 unspecified atom stereocenters. The Hall–Kier alpha value is -3.22. The molecule has 1 saturated heterocycles. The topological polar surface area (TPSA) is 75.9 Å². The Labute approximate surface area is 177 Å². The lowest BCUT2D eigenvalue weighted by molar-refractivity contribution is -0.137. The van der Waals surface area contributed by atoms with Gasteiger partial charge in [0, 0.05) is 44.5 Å². The Kier molecular flexibility index (Phi) is 5.79. The second-order valence-corrected chi connectivity index (χ2v) is 8.01. The average molecular weight is 405 g/mol. The summed E-state index contributed by atoms with van der Waals surface area (Å²) in [6.07, 6.45) is 7.86. The van der Waals surface area contributed by atoms with Gasteiger partial charge in [-0.15, -0.1) is 0 Å². The van der Waals surface area contributed by atoms with Crippen LogP contribution in [0.4, 0.5) is 11.6 Å². The van der Waals surface area contributed by atoms with Crippen molar-refractivity contribution in [2.75, 3.05) is 18.4 Å². The molecule has 1 aromatic carbocycles. The summed E-state index contributed by atoms with van der Waals surface area (Å²) in [5.74, 6) is 1.50. The SMILES string of the molecule is CCC1CN(C(=O)CCc2ccc(-c3ccnc(Nc4cnn(C)c4)n3)cc2C)C1. The first-order valence-corrected chi connectivity index (χ1v) is 10.5. The number of aryl methyl sites for hydroxylation is 3. The highest BCUT2D eigenvalue weighted by Crippen LogP contribution is 2.24. The molecule has 30 heavy (non-hydrogen) atoms. The molecular formula is C23H28N6O. The zero-order valence-corrected chi connectivity index (χ0v) is 17.8. The van der Waals surface area contributed by atoms with Gasteiger partial charge < -0.3 is 10.2 Å². The molecule has 3 heterocycles. The zero-order chi connectivity index (χ0) is 21.1. The van der Waals surface area contributed by atoms with Gasteiger partial charge in [0.2, 0.25) is 11.9 Å². The predicted molar refractivity (Wildman–Crippen MR) is 117 cm³/mol.